The summed E-state index contributed by atoms with van der Waals surface area (Å²) in [5, 5.41) is 18.1. The van der Waals surface area contributed by atoms with Gasteiger partial charge in [-0.15, -0.1) is 0 Å². The van der Waals surface area contributed by atoms with Gasteiger partial charge >= 0.3 is 5.97 Å². The molecule has 0 fully saturated rings. The van der Waals surface area contributed by atoms with Crippen molar-refractivity contribution in [3.8, 4) is 17.4 Å². The first-order valence-corrected chi connectivity index (χ1v) is 5.89. The Morgan fingerprint density at radius 2 is 2.10 bits per heavy atom. The molecule has 110 valence electrons. The Morgan fingerprint density at radius 3 is 2.71 bits per heavy atom. The molecule has 2 N–H and O–H groups in total. The zero-order chi connectivity index (χ0) is 15.4. The van der Waals surface area contributed by atoms with E-state index in [1.165, 1.54) is 13.2 Å². The van der Waals surface area contributed by atoms with Crippen molar-refractivity contribution in [3.63, 3.8) is 0 Å². The van der Waals surface area contributed by atoms with Gasteiger partial charge in [-0.3, -0.25) is 0 Å². The van der Waals surface area contributed by atoms with Crippen LogP contribution in [0.5, 0.6) is 17.4 Å². The molecule has 1 aromatic heterocycles. The maximum atomic E-state index is 13.1. The first kappa shape index (κ1) is 14.7. The number of nitrogens with zero attached hydrogens (tertiary/aromatic N) is 1. The molecule has 7 heteroatoms. The molecule has 0 aliphatic heterocycles. The van der Waals surface area contributed by atoms with E-state index < -0.39 is 17.3 Å². The van der Waals surface area contributed by atoms with Gasteiger partial charge in [0.1, 0.15) is 11.4 Å². The lowest BCUT2D eigenvalue weighted by Crippen LogP contribution is -2.03. The second-order valence-corrected chi connectivity index (χ2v) is 4.06. The summed E-state index contributed by atoms with van der Waals surface area (Å²) >= 11 is 0. The van der Waals surface area contributed by atoms with Gasteiger partial charge in [-0.25, -0.2) is 14.2 Å². The number of aliphatic hydroxyl groups excluding tert-OH is 1. The van der Waals surface area contributed by atoms with E-state index in [4.69, 9.17) is 19.7 Å². The molecule has 0 saturated heterocycles. The average Bonchev–Trinajstić information content (AvgIpc) is 2.49. The van der Waals surface area contributed by atoms with Crippen molar-refractivity contribution in [1.29, 1.82) is 0 Å². The summed E-state index contributed by atoms with van der Waals surface area (Å²) in [6.07, 6.45) is 0.857. The van der Waals surface area contributed by atoms with E-state index in [0.29, 0.717) is 11.3 Å². The summed E-state index contributed by atoms with van der Waals surface area (Å²) in [6, 6.07) is 5.45. The molecular formula is C14H12FNO5. The Kier molecular flexibility index (Phi) is 4.34. The summed E-state index contributed by atoms with van der Waals surface area (Å²) in [6.45, 7) is -0.175. The van der Waals surface area contributed by atoms with Crippen LogP contribution >= 0.6 is 0 Å². The van der Waals surface area contributed by atoms with E-state index in [1.807, 2.05) is 0 Å². The summed E-state index contributed by atoms with van der Waals surface area (Å²) in [5.74, 6) is -1.88. The standard InChI is InChI=1S/C14H12FNO5/c1-20-12-4-8(7-17)2-3-11(12)21-13-10(14(18)19)5-9(15)6-16-13/h2-6,17H,7H2,1H3,(H,18,19). The molecule has 0 aliphatic carbocycles. The lowest BCUT2D eigenvalue weighted by Gasteiger charge is -2.12. The normalized spacial score (nSPS) is 10.2. The molecule has 0 spiro atoms. The fourth-order valence-electron chi connectivity index (χ4n) is 1.66. The Morgan fingerprint density at radius 1 is 1.33 bits per heavy atom. The molecule has 6 nitrogen and oxygen atoms in total. The number of carbonyl (C=O) groups is 1. The van der Waals surface area contributed by atoms with Crippen molar-refractivity contribution in [2.45, 2.75) is 6.61 Å². The number of aromatic nitrogens is 1. The molecule has 0 unspecified atom stereocenters. The van der Waals surface area contributed by atoms with Gasteiger partial charge in [-0.1, -0.05) is 6.07 Å². The molecule has 1 aromatic carbocycles. The number of ether oxygens (including phenoxy) is 2. The largest absolute Gasteiger partial charge is 0.493 e. The van der Waals surface area contributed by atoms with Crippen LogP contribution in [-0.2, 0) is 6.61 Å². The van der Waals surface area contributed by atoms with E-state index in [0.717, 1.165) is 12.3 Å². The van der Waals surface area contributed by atoms with Crippen LogP contribution in [0, 0.1) is 5.82 Å². The maximum Gasteiger partial charge on any atom is 0.341 e. The van der Waals surface area contributed by atoms with Crippen molar-refractivity contribution in [2.75, 3.05) is 7.11 Å². The maximum absolute atomic E-state index is 13.1. The van der Waals surface area contributed by atoms with Crippen LogP contribution < -0.4 is 9.47 Å². The van der Waals surface area contributed by atoms with Gasteiger partial charge < -0.3 is 19.7 Å². The highest BCUT2D eigenvalue weighted by Crippen LogP contribution is 2.33. The van der Waals surface area contributed by atoms with Crippen LogP contribution in [0.1, 0.15) is 15.9 Å². The van der Waals surface area contributed by atoms with Crippen molar-refractivity contribution in [2.24, 2.45) is 0 Å². The van der Waals surface area contributed by atoms with E-state index in [-0.39, 0.29) is 18.2 Å². The molecule has 0 amide bonds. The predicted octanol–water partition coefficient (Wildman–Crippen LogP) is 2.21. The van der Waals surface area contributed by atoms with Crippen LogP contribution in [0.15, 0.2) is 30.5 Å². The van der Waals surface area contributed by atoms with E-state index in [9.17, 15) is 9.18 Å². The average molecular weight is 293 g/mol. The molecule has 0 radical (unpaired) electrons. The van der Waals surface area contributed by atoms with Crippen LogP contribution in [0.25, 0.3) is 0 Å². The van der Waals surface area contributed by atoms with Gasteiger partial charge in [-0.2, -0.15) is 0 Å². The summed E-state index contributed by atoms with van der Waals surface area (Å²) in [7, 11) is 1.40. The SMILES string of the molecule is COc1cc(CO)ccc1Oc1ncc(F)cc1C(=O)O. The minimum absolute atomic E-state index is 0.175. The van der Waals surface area contributed by atoms with Crippen LogP contribution in [0.2, 0.25) is 0 Å². The predicted molar refractivity (Wildman–Crippen MR) is 70.1 cm³/mol. The van der Waals surface area contributed by atoms with Crippen LogP contribution in [0.4, 0.5) is 4.39 Å². The van der Waals surface area contributed by atoms with Gasteiger partial charge in [-0.05, 0) is 23.8 Å². The minimum atomic E-state index is -1.36. The Hall–Kier alpha value is -2.67. The second kappa shape index (κ2) is 6.19. The third-order valence-corrected chi connectivity index (χ3v) is 2.67. The number of rotatable bonds is 5. The van der Waals surface area contributed by atoms with E-state index >= 15 is 0 Å². The Labute approximate surface area is 119 Å². The fraction of sp³-hybridized carbons (Fsp3) is 0.143. The van der Waals surface area contributed by atoms with Gasteiger partial charge in [0.25, 0.3) is 0 Å². The molecule has 0 aliphatic rings. The number of benzene rings is 1. The molecule has 21 heavy (non-hydrogen) atoms. The first-order valence-electron chi connectivity index (χ1n) is 5.89. The van der Waals surface area contributed by atoms with Crippen molar-refractivity contribution >= 4 is 5.97 Å². The lowest BCUT2D eigenvalue weighted by atomic mass is 10.2. The summed E-state index contributed by atoms with van der Waals surface area (Å²) < 4.78 is 23.5. The minimum Gasteiger partial charge on any atom is -0.493 e. The number of hydrogen-bond donors (Lipinski definition) is 2. The summed E-state index contributed by atoms with van der Waals surface area (Å²) in [5.41, 5.74) is 0.202. The topological polar surface area (TPSA) is 88.9 Å². The number of methoxy groups -OCH3 is 1. The van der Waals surface area contributed by atoms with E-state index in [2.05, 4.69) is 4.98 Å². The third-order valence-electron chi connectivity index (χ3n) is 2.67. The first-order chi connectivity index (χ1) is 10.0. The van der Waals surface area contributed by atoms with E-state index in [1.54, 1.807) is 12.1 Å². The van der Waals surface area contributed by atoms with Gasteiger partial charge in [0.15, 0.2) is 11.5 Å². The van der Waals surface area contributed by atoms with Gasteiger partial charge in [0.2, 0.25) is 5.88 Å². The van der Waals surface area contributed by atoms with Gasteiger partial charge in [0.05, 0.1) is 19.9 Å². The molecule has 0 atom stereocenters. The molecule has 2 aromatic rings. The smallest absolute Gasteiger partial charge is 0.341 e. The summed E-state index contributed by atoms with van der Waals surface area (Å²) in [4.78, 5) is 14.7. The highest BCUT2D eigenvalue weighted by molar-refractivity contribution is 5.90. The van der Waals surface area contributed by atoms with Crippen LogP contribution in [0.3, 0.4) is 0 Å². The fourth-order valence-corrected chi connectivity index (χ4v) is 1.66. The van der Waals surface area contributed by atoms with Crippen molar-refractivity contribution in [3.05, 3.63) is 47.4 Å². The quantitative estimate of drug-likeness (QED) is 0.878. The monoisotopic (exact) mass is 293 g/mol. The number of carboxylic acids is 1. The number of carboxylic acid groups (broad SMARTS) is 1. The number of aromatic carboxylic acids is 1. The van der Waals surface area contributed by atoms with Crippen molar-refractivity contribution in [1.82, 2.24) is 4.98 Å². The number of halogens is 1. The molecule has 2 rings (SSSR count). The molecule has 0 saturated carbocycles. The highest BCUT2D eigenvalue weighted by Gasteiger charge is 2.17. The van der Waals surface area contributed by atoms with Gasteiger partial charge in [0, 0.05) is 0 Å². The third kappa shape index (κ3) is 3.26. The Bertz CT molecular complexity index is 674. The number of hydrogen-bond acceptors (Lipinski definition) is 5. The van der Waals surface area contributed by atoms with Crippen molar-refractivity contribution < 1.29 is 28.9 Å². The number of aliphatic hydroxyl groups is 1. The zero-order valence-electron chi connectivity index (χ0n) is 11.0. The number of pyridine rings is 1. The zero-order valence-corrected chi connectivity index (χ0v) is 11.0. The highest BCUT2D eigenvalue weighted by atomic mass is 19.1. The van der Waals surface area contributed by atoms with Crippen LogP contribution in [-0.4, -0.2) is 28.3 Å². The second-order valence-electron chi connectivity index (χ2n) is 4.06. The molecule has 0 bridgehead atoms. The molecular weight excluding hydrogens is 281 g/mol. The lowest BCUT2D eigenvalue weighted by molar-refractivity contribution is 0.0692. The Balaban J connectivity index is 2.40. The molecule has 1 heterocycles.